The van der Waals surface area contributed by atoms with E-state index < -0.39 is 17.9 Å². The van der Waals surface area contributed by atoms with Crippen LogP contribution in [-0.4, -0.2) is 78.0 Å². The van der Waals surface area contributed by atoms with E-state index in [1.165, 1.54) is 12.3 Å². The highest BCUT2D eigenvalue weighted by Gasteiger charge is 2.64. The monoisotopic (exact) mass is 730 g/mol. The lowest BCUT2D eigenvalue weighted by Gasteiger charge is -2.63. The van der Waals surface area contributed by atoms with E-state index in [1.54, 1.807) is 42.6 Å². The van der Waals surface area contributed by atoms with Crippen LogP contribution in [0.25, 0.3) is 0 Å². The molecule has 1 saturated carbocycles. The van der Waals surface area contributed by atoms with Gasteiger partial charge < -0.3 is 30.7 Å². The predicted octanol–water partition coefficient (Wildman–Crippen LogP) is 3.62. The summed E-state index contributed by atoms with van der Waals surface area (Å²) in [6.45, 7) is 10.7. The van der Waals surface area contributed by atoms with Crippen molar-refractivity contribution in [1.82, 2.24) is 31.2 Å². The molecular formula is C37H43ClN8O6. The number of hydrogen-bond acceptors (Lipinski definition) is 11. The minimum atomic E-state index is -0.764. The normalized spacial score (nSPS) is 20.0. The van der Waals surface area contributed by atoms with Gasteiger partial charge in [-0.05, 0) is 55.8 Å². The molecule has 15 heteroatoms. The Hall–Kier alpha value is -5.26. The molecule has 1 unspecified atom stereocenters. The van der Waals surface area contributed by atoms with Crippen molar-refractivity contribution in [2.45, 2.75) is 65.1 Å². The molecule has 52 heavy (non-hydrogen) atoms. The van der Waals surface area contributed by atoms with Gasteiger partial charge in [0.15, 0.2) is 0 Å². The van der Waals surface area contributed by atoms with E-state index in [9.17, 15) is 19.2 Å². The minimum Gasteiger partial charge on any atom is -0.492 e. The number of nitriles is 1. The third-order valence-electron chi connectivity index (χ3n) is 9.34. The second-order valence-electron chi connectivity index (χ2n) is 14.0. The number of imide groups is 1. The highest BCUT2D eigenvalue weighted by Crippen LogP contribution is 2.55. The summed E-state index contributed by atoms with van der Waals surface area (Å²) >= 11 is 6.20. The number of carbonyl (C=O) groups excluding carboxylic acids is 4. The first-order chi connectivity index (χ1) is 24.8. The third-order valence-corrected chi connectivity index (χ3v) is 9.66. The maximum Gasteiger partial charge on any atom is 0.270 e. The van der Waals surface area contributed by atoms with E-state index in [4.69, 9.17) is 26.3 Å². The van der Waals surface area contributed by atoms with Crippen molar-refractivity contribution >= 4 is 41.0 Å². The molecule has 274 valence electrons. The summed E-state index contributed by atoms with van der Waals surface area (Å²) in [5, 5.41) is 24.0. The van der Waals surface area contributed by atoms with Crippen LogP contribution in [0.4, 0.5) is 5.82 Å². The summed E-state index contributed by atoms with van der Waals surface area (Å²) in [6.07, 6.45) is 3.98. The second kappa shape index (κ2) is 16.4. The van der Waals surface area contributed by atoms with E-state index >= 15 is 0 Å². The first-order valence-corrected chi connectivity index (χ1v) is 17.5. The van der Waals surface area contributed by atoms with Crippen LogP contribution in [0, 0.1) is 22.2 Å². The van der Waals surface area contributed by atoms with Crippen molar-refractivity contribution in [1.29, 1.82) is 5.26 Å². The molecule has 4 amide bonds. The number of ether oxygens (including phenoxy) is 2. The van der Waals surface area contributed by atoms with Gasteiger partial charge in [-0.3, -0.25) is 24.5 Å². The number of piperidine rings is 1. The number of nitrogens with zero attached hydrogens (tertiary/aromatic N) is 3. The maximum absolute atomic E-state index is 13.2. The largest absolute Gasteiger partial charge is 0.492 e. The van der Waals surface area contributed by atoms with E-state index in [0.717, 1.165) is 13.0 Å². The number of carbonyl (C=O) groups is 4. The maximum atomic E-state index is 13.2. The molecule has 3 heterocycles. The number of nitrogens with one attached hydrogen (secondary N) is 5. The molecule has 1 atom stereocenters. The molecule has 1 saturated heterocycles. The summed E-state index contributed by atoms with van der Waals surface area (Å²) in [5.41, 5.74) is 0.237. The molecule has 1 aromatic carbocycles. The van der Waals surface area contributed by atoms with Gasteiger partial charge in [-0.25, -0.2) is 9.97 Å². The Morgan fingerprint density at radius 2 is 1.73 bits per heavy atom. The zero-order valence-electron chi connectivity index (χ0n) is 29.5. The van der Waals surface area contributed by atoms with Crippen LogP contribution in [-0.2, 0) is 9.59 Å². The van der Waals surface area contributed by atoms with Crippen LogP contribution >= 0.6 is 11.6 Å². The summed E-state index contributed by atoms with van der Waals surface area (Å²) in [5.74, 6) is 0.177. The van der Waals surface area contributed by atoms with Gasteiger partial charge in [0, 0.05) is 48.6 Å². The first-order valence-electron chi connectivity index (χ1n) is 17.1. The van der Waals surface area contributed by atoms with Crippen molar-refractivity contribution in [3.05, 3.63) is 76.7 Å². The number of benzene rings is 1. The lowest BCUT2D eigenvalue weighted by atomic mass is 9.49. The van der Waals surface area contributed by atoms with Crippen molar-refractivity contribution < 1.29 is 28.7 Å². The van der Waals surface area contributed by atoms with E-state index in [2.05, 4.69) is 64.2 Å². The van der Waals surface area contributed by atoms with Crippen molar-refractivity contribution in [3.8, 4) is 17.6 Å². The second-order valence-corrected chi connectivity index (χ2v) is 14.4. The van der Waals surface area contributed by atoms with Crippen LogP contribution in [0.5, 0.6) is 11.5 Å². The fourth-order valence-corrected chi connectivity index (χ4v) is 7.11. The Balaban J connectivity index is 0.963. The molecule has 1 aliphatic heterocycles. The van der Waals surface area contributed by atoms with Gasteiger partial charge in [0.1, 0.15) is 41.2 Å². The molecule has 2 aromatic heterocycles. The topological polar surface area (TPSA) is 196 Å². The number of hydrogen-bond donors (Lipinski definition) is 5. The smallest absolute Gasteiger partial charge is 0.270 e. The van der Waals surface area contributed by atoms with E-state index in [1.807, 2.05) is 6.07 Å². The Kier molecular flexibility index (Phi) is 12.0. The molecule has 5 N–H and O–H groups in total. The third kappa shape index (κ3) is 8.96. The highest BCUT2D eigenvalue weighted by molar-refractivity contribution is 6.31. The van der Waals surface area contributed by atoms with Gasteiger partial charge in [-0.2, -0.15) is 5.26 Å². The molecule has 2 fully saturated rings. The van der Waals surface area contributed by atoms with Gasteiger partial charge in [-0.1, -0.05) is 39.3 Å². The fraction of sp³-hybridized carbons (Fsp3) is 0.432. The molecular weight excluding hydrogens is 688 g/mol. The Labute approximate surface area is 307 Å². The standard InChI is InChI=1S/C37H43ClN8O6/c1-36(2)34(37(3,4)35(36)52-24-8-6-22(19-39)26(38)18-24)46-31(48)23-7-12-29(43-20-23)41-16-15-40-14-5-17-51-25-9-10-27(42-21-25)32(49)44-28-11-13-30(47)45-33(28)50/h6-10,12,18,20-21,28,34-35,40H,5,11,13-17H2,1-4H3,(H,41,43)(H,44,49)(H,46,48)(H,45,47,50)/t28?,34-,35-. The summed E-state index contributed by atoms with van der Waals surface area (Å²) in [7, 11) is 0. The number of halogens is 1. The van der Waals surface area contributed by atoms with Crippen molar-refractivity contribution in [2.75, 3.05) is 31.6 Å². The zero-order chi connectivity index (χ0) is 37.5. The Morgan fingerprint density at radius 3 is 2.38 bits per heavy atom. The molecule has 2 aliphatic rings. The number of anilines is 1. The SMILES string of the molecule is CC1(C)[C@H](NC(=O)c2ccc(NCCNCCCOc3ccc(C(=O)NC4CCC(=O)NC4=O)nc3)nc2)C(C)(C)[C@H]1Oc1ccc(C#N)c(Cl)c1. The molecule has 14 nitrogen and oxygen atoms in total. The molecule has 5 rings (SSSR count). The Morgan fingerprint density at radius 1 is 0.962 bits per heavy atom. The molecule has 3 aromatic rings. The minimum absolute atomic E-state index is 0.147. The molecule has 0 bridgehead atoms. The van der Waals surface area contributed by atoms with Crippen LogP contribution in [0.15, 0.2) is 54.9 Å². The van der Waals surface area contributed by atoms with Crippen LogP contribution in [0.2, 0.25) is 5.02 Å². The number of amides is 4. The quantitative estimate of drug-likeness (QED) is 0.113. The van der Waals surface area contributed by atoms with Gasteiger partial charge in [0.05, 0.1) is 29.0 Å². The van der Waals surface area contributed by atoms with E-state index in [-0.39, 0.29) is 53.3 Å². The lowest BCUT2D eigenvalue weighted by molar-refractivity contribution is -0.164. The predicted molar refractivity (Wildman–Crippen MR) is 193 cm³/mol. The van der Waals surface area contributed by atoms with Crippen molar-refractivity contribution in [3.63, 3.8) is 0 Å². The Bertz CT molecular complexity index is 1810. The summed E-state index contributed by atoms with van der Waals surface area (Å²) < 4.78 is 12.0. The highest BCUT2D eigenvalue weighted by atomic mass is 35.5. The van der Waals surface area contributed by atoms with Gasteiger partial charge in [0.2, 0.25) is 11.8 Å². The number of pyridine rings is 2. The molecule has 1 aliphatic carbocycles. The van der Waals surface area contributed by atoms with Gasteiger partial charge in [-0.15, -0.1) is 0 Å². The van der Waals surface area contributed by atoms with Crippen LogP contribution in [0.1, 0.15) is 73.4 Å². The van der Waals surface area contributed by atoms with Gasteiger partial charge >= 0.3 is 0 Å². The first kappa shape index (κ1) is 38.0. The number of aromatic nitrogens is 2. The lowest BCUT2D eigenvalue weighted by Crippen LogP contribution is -2.74. The average molecular weight is 731 g/mol. The van der Waals surface area contributed by atoms with E-state index in [0.29, 0.717) is 53.2 Å². The summed E-state index contributed by atoms with van der Waals surface area (Å²) in [4.78, 5) is 57.3. The average Bonchev–Trinajstić information content (AvgIpc) is 3.12. The molecule has 0 spiro atoms. The summed E-state index contributed by atoms with van der Waals surface area (Å²) in [6, 6.07) is 12.8. The molecule has 0 radical (unpaired) electrons. The zero-order valence-corrected chi connectivity index (χ0v) is 30.3. The number of rotatable bonds is 15. The fourth-order valence-electron chi connectivity index (χ4n) is 6.90. The van der Waals surface area contributed by atoms with Crippen molar-refractivity contribution in [2.24, 2.45) is 10.8 Å². The van der Waals surface area contributed by atoms with Crippen LogP contribution in [0.3, 0.4) is 0 Å². The van der Waals surface area contributed by atoms with Crippen LogP contribution < -0.4 is 36.1 Å². The van der Waals surface area contributed by atoms with Gasteiger partial charge in [0.25, 0.3) is 11.8 Å².